The fourth-order valence-corrected chi connectivity index (χ4v) is 5.11. The number of rotatable bonds is 9. The van der Waals surface area contributed by atoms with Crippen molar-refractivity contribution in [2.45, 2.75) is 38.0 Å². The van der Waals surface area contributed by atoms with Gasteiger partial charge >= 0.3 is 0 Å². The van der Waals surface area contributed by atoms with E-state index < -0.39 is 5.60 Å². The fourth-order valence-electron chi connectivity index (χ4n) is 5.11. The summed E-state index contributed by atoms with van der Waals surface area (Å²) in [6.07, 6.45) is 5.48. The number of nitrogens with one attached hydrogen (secondary N) is 2. The van der Waals surface area contributed by atoms with E-state index in [1.54, 1.807) is 24.3 Å². The smallest absolute Gasteiger partial charge is 0.296 e. The van der Waals surface area contributed by atoms with Crippen molar-refractivity contribution in [3.8, 4) is 11.3 Å². The van der Waals surface area contributed by atoms with Gasteiger partial charge in [0.1, 0.15) is 6.33 Å². The lowest BCUT2D eigenvalue weighted by Gasteiger charge is -2.38. The average Bonchev–Trinajstić information content (AvgIpc) is 3.43. The Kier molecular flexibility index (Phi) is 8.09. The van der Waals surface area contributed by atoms with Crippen LogP contribution in [-0.2, 0) is 24.3 Å². The summed E-state index contributed by atoms with van der Waals surface area (Å²) in [5.41, 5.74) is 8.31. The van der Waals surface area contributed by atoms with Gasteiger partial charge in [0.2, 0.25) is 5.65 Å². The molecule has 3 heterocycles. The van der Waals surface area contributed by atoms with Gasteiger partial charge in [0, 0.05) is 50.6 Å². The molecular weight excluding hydrogens is 520 g/mol. The molecule has 1 aliphatic heterocycles. The van der Waals surface area contributed by atoms with E-state index in [9.17, 15) is 14.7 Å². The summed E-state index contributed by atoms with van der Waals surface area (Å²) in [5.74, 6) is -0.257. The lowest BCUT2D eigenvalue weighted by atomic mass is 9.90. The Morgan fingerprint density at radius 2 is 1.83 bits per heavy atom. The molecule has 0 aliphatic carbocycles. The molecule has 11 heteroatoms. The maximum atomic E-state index is 13.4. The number of carbonyl (C=O) groups is 1. The second kappa shape index (κ2) is 11.9. The molecule has 0 unspecified atom stereocenters. The normalized spacial score (nSPS) is 15.2. The molecule has 1 saturated heterocycles. The van der Waals surface area contributed by atoms with Crippen molar-refractivity contribution in [2.24, 2.45) is 5.73 Å². The number of amides is 1. The van der Waals surface area contributed by atoms with Gasteiger partial charge in [-0.3, -0.25) is 14.2 Å². The Balaban J connectivity index is 1.27. The van der Waals surface area contributed by atoms with Crippen molar-refractivity contribution in [1.29, 1.82) is 5.41 Å². The summed E-state index contributed by atoms with van der Waals surface area (Å²) in [4.78, 5) is 32.6. The second-order valence-corrected chi connectivity index (χ2v) is 10.3. The number of nitrogens with zero attached hydrogens (tertiary/aromatic N) is 5. The minimum Gasteiger partial charge on any atom is -0.393 e. The highest BCUT2D eigenvalue weighted by Gasteiger charge is 2.36. The number of hydrogen-bond donors (Lipinski definition) is 4. The van der Waals surface area contributed by atoms with Gasteiger partial charge in [-0.15, -0.1) is 0 Å². The molecule has 0 saturated carbocycles. The van der Waals surface area contributed by atoms with E-state index in [0.29, 0.717) is 37.3 Å². The zero-order valence-corrected chi connectivity index (χ0v) is 23.0. The third kappa shape index (κ3) is 5.96. The van der Waals surface area contributed by atoms with Crippen LogP contribution >= 0.6 is 0 Å². The summed E-state index contributed by atoms with van der Waals surface area (Å²) in [6.45, 7) is 1.07. The van der Waals surface area contributed by atoms with Crippen LogP contribution in [0, 0.1) is 5.41 Å². The van der Waals surface area contributed by atoms with E-state index in [1.807, 2.05) is 54.6 Å². The van der Waals surface area contributed by atoms with Crippen molar-refractivity contribution in [1.82, 2.24) is 29.4 Å². The van der Waals surface area contributed by atoms with Crippen molar-refractivity contribution in [2.75, 3.05) is 20.1 Å². The Bertz CT molecular complexity index is 1630. The Morgan fingerprint density at radius 1 is 1.12 bits per heavy atom. The van der Waals surface area contributed by atoms with E-state index >= 15 is 0 Å². The quantitative estimate of drug-likeness (QED) is 0.181. The number of carbonyl (C=O) groups excluding carboxylic acids is 1. The monoisotopic (exact) mass is 554 g/mol. The van der Waals surface area contributed by atoms with Crippen LogP contribution < -0.4 is 16.6 Å². The van der Waals surface area contributed by atoms with Crippen LogP contribution in [0.4, 0.5) is 0 Å². The first kappa shape index (κ1) is 27.9. The van der Waals surface area contributed by atoms with Crippen LogP contribution in [0.15, 0.2) is 83.7 Å². The van der Waals surface area contributed by atoms with E-state index in [-0.39, 0.29) is 42.2 Å². The lowest BCUT2D eigenvalue weighted by Crippen LogP contribution is -2.50. The van der Waals surface area contributed by atoms with Gasteiger partial charge in [-0.05, 0) is 24.0 Å². The van der Waals surface area contributed by atoms with Gasteiger partial charge in [-0.2, -0.15) is 5.10 Å². The summed E-state index contributed by atoms with van der Waals surface area (Å²) >= 11 is 0. The van der Waals surface area contributed by atoms with Crippen molar-refractivity contribution in [3.63, 3.8) is 0 Å². The van der Waals surface area contributed by atoms with Crippen LogP contribution in [0.1, 0.15) is 24.0 Å². The Morgan fingerprint density at radius 3 is 2.49 bits per heavy atom. The number of imidazole rings is 1. The first-order valence-electron chi connectivity index (χ1n) is 13.6. The molecule has 5 N–H and O–H groups in total. The molecule has 11 nitrogen and oxygen atoms in total. The molecule has 0 radical (unpaired) electrons. The van der Waals surface area contributed by atoms with Crippen LogP contribution in [0.3, 0.4) is 0 Å². The zero-order valence-electron chi connectivity index (χ0n) is 23.0. The number of aliphatic hydroxyl groups is 1. The van der Waals surface area contributed by atoms with Crippen molar-refractivity contribution >= 4 is 17.3 Å². The van der Waals surface area contributed by atoms with Gasteiger partial charge in [0.25, 0.3) is 11.5 Å². The van der Waals surface area contributed by atoms with Gasteiger partial charge in [0.15, 0.2) is 0 Å². The molecule has 212 valence electrons. The Hall–Kier alpha value is -4.61. The molecule has 0 bridgehead atoms. The fraction of sp³-hybridized carbons (Fsp3) is 0.300. The van der Waals surface area contributed by atoms with E-state index in [4.69, 9.17) is 11.1 Å². The molecule has 1 amide bonds. The summed E-state index contributed by atoms with van der Waals surface area (Å²) in [6, 6.07) is 17.2. The maximum absolute atomic E-state index is 13.4. The van der Waals surface area contributed by atoms with E-state index in [1.165, 1.54) is 15.4 Å². The highest BCUT2D eigenvalue weighted by atomic mass is 16.3. The molecule has 4 aromatic rings. The number of nitrogens with two attached hydrogens (primary N) is 1. The van der Waals surface area contributed by atoms with Gasteiger partial charge < -0.3 is 26.5 Å². The van der Waals surface area contributed by atoms with Crippen LogP contribution in [0.25, 0.3) is 16.9 Å². The number of aromatic nitrogens is 4. The molecule has 2 aromatic heterocycles. The van der Waals surface area contributed by atoms with Gasteiger partial charge in [-0.1, -0.05) is 54.6 Å². The van der Waals surface area contributed by atoms with Gasteiger partial charge in [0.05, 0.1) is 29.6 Å². The number of hydrogen-bond acceptors (Lipinski definition) is 8. The Labute approximate surface area is 237 Å². The molecule has 0 atom stereocenters. The molecule has 0 spiro atoms. The van der Waals surface area contributed by atoms with E-state index in [2.05, 4.69) is 15.4 Å². The molecule has 2 aromatic carbocycles. The predicted octanol–water partition coefficient (Wildman–Crippen LogP) is 1.74. The minimum atomic E-state index is -1.20. The minimum absolute atomic E-state index is 0.0355. The third-order valence-corrected chi connectivity index (χ3v) is 7.50. The molecule has 41 heavy (non-hydrogen) atoms. The van der Waals surface area contributed by atoms with Crippen LogP contribution in [0.5, 0.6) is 0 Å². The first-order chi connectivity index (χ1) is 19.8. The van der Waals surface area contributed by atoms with Crippen LogP contribution in [-0.4, -0.2) is 66.5 Å². The SMILES string of the molecule is CN/C=C(\C(=N)Cc1ccccc1)C(=O)N1CCC(O)(Cn2cnn3c(-c4ccc(CN)cc4)cnc3c2=O)CC1. The molecule has 5 rings (SSSR count). The second-order valence-electron chi connectivity index (χ2n) is 10.3. The number of fused-ring (bicyclic) bond motifs is 1. The zero-order chi connectivity index (χ0) is 29.0. The van der Waals surface area contributed by atoms with Crippen molar-refractivity contribution < 1.29 is 9.90 Å². The number of likely N-dealkylation sites (tertiary alicyclic amines) is 1. The van der Waals surface area contributed by atoms with Crippen molar-refractivity contribution in [3.05, 3.63) is 100 Å². The summed E-state index contributed by atoms with van der Waals surface area (Å²) in [7, 11) is 1.70. The lowest BCUT2D eigenvalue weighted by molar-refractivity contribution is -0.131. The predicted molar refractivity (Wildman–Crippen MR) is 156 cm³/mol. The average molecular weight is 555 g/mol. The van der Waals surface area contributed by atoms with Crippen LogP contribution in [0.2, 0.25) is 0 Å². The number of piperidine rings is 1. The first-order valence-corrected chi connectivity index (χ1v) is 13.6. The standard InChI is InChI=1S/C30H34N8O3/c1-33-17-24(25(32)15-21-5-3-2-4-6-21)28(39)36-13-11-30(41,12-14-36)19-37-20-35-38-26(18-34-27(38)29(37)40)23-9-7-22(16-31)8-10-23/h2-10,17-18,20,32-33,41H,11-16,19,31H2,1H3/b24-17+,32-25?. The topological polar surface area (TPSA) is 155 Å². The maximum Gasteiger partial charge on any atom is 0.296 e. The molecule has 1 fully saturated rings. The highest BCUT2D eigenvalue weighted by molar-refractivity contribution is 6.20. The molecule has 1 aliphatic rings. The van der Waals surface area contributed by atoms with Gasteiger partial charge in [-0.25, -0.2) is 9.50 Å². The largest absolute Gasteiger partial charge is 0.393 e. The third-order valence-electron chi connectivity index (χ3n) is 7.50. The highest BCUT2D eigenvalue weighted by Crippen LogP contribution is 2.26. The summed E-state index contributed by atoms with van der Waals surface area (Å²) < 4.78 is 2.88. The summed E-state index contributed by atoms with van der Waals surface area (Å²) in [5, 5.41) is 27.3. The van der Waals surface area contributed by atoms with E-state index in [0.717, 1.165) is 16.7 Å². The molecular formula is C30H34N8O3. The number of benzene rings is 2.